The quantitative estimate of drug-likeness (QED) is 0.830. The first-order valence-electron chi connectivity index (χ1n) is 7.19. The predicted molar refractivity (Wildman–Crippen MR) is 88.8 cm³/mol. The molecule has 0 aliphatic heterocycles. The Morgan fingerprint density at radius 2 is 1.89 bits per heavy atom. The average molecular weight is 342 g/mol. The highest BCUT2D eigenvalue weighted by Gasteiger charge is 2.31. The van der Waals surface area contributed by atoms with E-state index >= 15 is 0 Å². The van der Waals surface area contributed by atoms with Gasteiger partial charge < -0.3 is 5.32 Å². The molecule has 0 saturated heterocycles. The van der Waals surface area contributed by atoms with Gasteiger partial charge in [-0.3, -0.25) is 0 Å². The second-order valence-corrected chi connectivity index (χ2v) is 8.05. The molecule has 19 heavy (non-hydrogen) atoms. The van der Waals surface area contributed by atoms with Crippen molar-refractivity contribution in [3.8, 4) is 0 Å². The van der Waals surface area contributed by atoms with Crippen molar-refractivity contribution in [3.63, 3.8) is 0 Å². The Bertz CT molecular complexity index is 390. The molecule has 1 aromatic carbocycles. The van der Waals surface area contributed by atoms with Crippen LogP contribution in [0.1, 0.15) is 33.1 Å². The Kier molecular flexibility index (Phi) is 5.79. The normalized spacial score (nSPS) is 27.7. The highest BCUT2D eigenvalue weighted by molar-refractivity contribution is 9.10. The maximum Gasteiger partial charge on any atom is 0.0251 e. The molecule has 2 rings (SSSR count). The standard InChI is InChI=1S/C16H24BrNS/c1-11(2)12-4-9-15(18-3)16(10-12)19-14-7-5-13(17)6-8-14/h5-8,11-12,15-16,18H,4,9-10H2,1-3H3. The molecule has 1 aromatic rings. The van der Waals surface area contributed by atoms with Crippen LogP contribution in [-0.2, 0) is 0 Å². The Morgan fingerprint density at radius 1 is 1.21 bits per heavy atom. The van der Waals surface area contributed by atoms with Gasteiger partial charge in [0.2, 0.25) is 0 Å². The monoisotopic (exact) mass is 341 g/mol. The van der Waals surface area contributed by atoms with Crippen molar-refractivity contribution in [1.82, 2.24) is 5.32 Å². The van der Waals surface area contributed by atoms with Crippen LogP contribution in [0, 0.1) is 11.8 Å². The first-order valence-corrected chi connectivity index (χ1v) is 8.87. The number of thioether (sulfide) groups is 1. The third kappa shape index (κ3) is 4.24. The molecular formula is C16H24BrNS. The number of hydrogen-bond acceptors (Lipinski definition) is 2. The summed E-state index contributed by atoms with van der Waals surface area (Å²) < 4.78 is 1.16. The van der Waals surface area contributed by atoms with Crippen LogP contribution in [0.25, 0.3) is 0 Å². The number of rotatable bonds is 4. The molecule has 106 valence electrons. The van der Waals surface area contributed by atoms with Crippen molar-refractivity contribution in [1.29, 1.82) is 0 Å². The predicted octanol–water partition coefficient (Wildman–Crippen LogP) is 4.95. The summed E-state index contributed by atoms with van der Waals surface area (Å²) in [5, 5.41) is 4.22. The Morgan fingerprint density at radius 3 is 2.47 bits per heavy atom. The molecule has 0 spiro atoms. The summed E-state index contributed by atoms with van der Waals surface area (Å²) in [5.74, 6) is 1.70. The van der Waals surface area contributed by atoms with Gasteiger partial charge in [-0.25, -0.2) is 0 Å². The van der Waals surface area contributed by atoms with Crippen molar-refractivity contribution >= 4 is 27.7 Å². The molecule has 0 heterocycles. The zero-order valence-corrected chi connectivity index (χ0v) is 14.4. The molecule has 0 aromatic heterocycles. The fourth-order valence-electron chi connectivity index (χ4n) is 2.91. The molecule has 1 aliphatic carbocycles. The van der Waals surface area contributed by atoms with Crippen LogP contribution in [0.2, 0.25) is 0 Å². The highest BCUT2D eigenvalue weighted by atomic mass is 79.9. The van der Waals surface area contributed by atoms with Crippen molar-refractivity contribution in [2.45, 2.75) is 49.3 Å². The SMILES string of the molecule is CNC1CCC(C(C)C)CC1Sc1ccc(Br)cc1. The fourth-order valence-corrected chi connectivity index (χ4v) is 4.60. The molecule has 1 fully saturated rings. The van der Waals surface area contributed by atoms with Crippen LogP contribution in [-0.4, -0.2) is 18.3 Å². The van der Waals surface area contributed by atoms with Gasteiger partial charge in [-0.2, -0.15) is 0 Å². The van der Waals surface area contributed by atoms with Crippen LogP contribution in [0.3, 0.4) is 0 Å². The number of halogens is 1. The zero-order valence-electron chi connectivity index (χ0n) is 12.0. The minimum atomic E-state index is 0.656. The van der Waals surface area contributed by atoms with E-state index in [1.807, 2.05) is 11.8 Å². The molecule has 0 amide bonds. The number of hydrogen-bond donors (Lipinski definition) is 1. The van der Waals surface area contributed by atoms with Crippen molar-refractivity contribution in [2.24, 2.45) is 11.8 Å². The topological polar surface area (TPSA) is 12.0 Å². The van der Waals surface area contributed by atoms with Gasteiger partial charge in [-0.1, -0.05) is 29.8 Å². The summed E-state index contributed by atoms with van der Waals surface area (Å²) in [5.41, 5.74) is 0. The van der Waals surface area contributed by atoms with Crippen molar-refractivity contribution < 1.29 is 0 Å². The summed E-state index contributed by atoms with van der Waals surface area (Å²) in [6.07, 6.45) is 4.03. The van der Waals surface area contributed by atoms with Gasteiger partial charge in [-0.05, 0) is 62.4 Å². The van der Waals surface area contributed by atoms with E-state index in [4.69, 9.17) is 0 Å². The van der Waals surface area contributed by atoms with Crippen molar-refractivity contribution in [2.75, 3.05) is 7.05 Å². The van der Waals surface area contributed by atoms with E-state index in [1.54, 1.807) is 0 Å². The van der Waals surface area contributed by atoms with E-state index in [-0.39, 0.29) is 0 Å². The Labute approximate surface area is 130 Å². The summed E-state index contributed by atoms with van der Waals surface area (Å²) in [6.45, 7) is 4.73. The summed E-state index contributed by atoms with van der Waals surface area (Å²) in [4.78, 5) is 1.39. The smallest absolute Gasteiger partial charge is 0.0251 e. The Hall–Kier alpha value is 0.01000. The maximum atomic E-state index is 3.52. The lowest BCUT2D eigenvalue weighted by Crippen LogP contribution is -2.41. The van der Waals surface area contributed by atoms with Crippen LogP contribution in [0.5, 0.6) is 0 Å². The van der Waals surface area contributed by atoms with Crippen LogP contribution in [0.4, 0.5) is 0 Å². The third-order valence-electron chi connectivity index (χ3n) is 4.25. The Balaban J connectivity index is 2.03. The van der Waals surface area contributed by atoms with E-state index in [9.17, 15) is 0 Å². The third-order valence-corrected chi connectivity index (χ3v) is 6.14. The van der Waals surface area contributed by atoms with E-state index in [0.29, 0.717) is 11.3 Å². The first-order chi connectivity index (χ1) is 9.10. The van der Waals surface area contributed by atoms with Crippen LogP contribution < -0.4 is 5.32 Å². The van der Waals surface area contributed by atoms with E-state index in [0.717, 1.165) is 16.3 Å². The first kappa shape index (κ1) is 15.4. The van der Waals surface area contributed by atoms with E-state index < -0.39 is 0 Å². The molecule has 1 nitrogen and oxygen atoms in total. The highest BCUT2D eigenvalue weighted by Crippen LogP contribution is 2.39. The molecule has 0 radical (unpaired) electrons. The molecule has 3 unspecified atom stereocenters. The molecule has 1 aliphatic rings. The lowest BCUT2D eigenvalue weighted by molar-refractivity contribution is 0.251. The molecule has 1 N–H and O–H groups in total. The second kappa shape index (κ2) is 7.14. The van der Waals surface area contributed by atoms with Gasteiger partial charge in [0.05, 0.1) is 0 Å². The molecular weight excluding hydrogens is 318 g/mol. The zero-order chi connectivity index (χ0) is 13.8. The lowest BCUT2D eigenvalue weighted by Gasteiger charge is -2.37. The summed E-state index contributed by atoms with van der Waals surface area (Å²) >= 11 is 5.55. The van der Waals surface area contributed by atoms with Gasteiger partial charge >= 0.3 is 0 Å². The summed E-state index contributed by atoms with van der Waals surface area (Å²) in [6, 6.07) is 9.38. The summed E-state index contributed by atoms with van der Waals surface area (Å²) in [7, 11) is 2.11. The average Bonchev–Trinajstić information content (AvgIpc) is 2.41. The molecule has 1 saturated carbocycles. The van der Waals surface area contributed by atoms with E-state index in [1.165, 1.54) is 24.2 Å². The second-order valence-electron chi connectivity index (χ2n) is 5.82. The fraction of sp³-hybridized carbons (Fsp3) is 0.625. The van der Waals surface area contributed by atoms with Gasteiger partial charge in [0.1, 0.15) is 0 Å². The number of nitrogens with one attached hydrogen (secondary N) is 1. The molecule has 3 atom stereocenters. The van der Waals surface area contributed by atoms with Gasteiger partial charge in [0, 0.05) is 20.7 Å². The van der Waals surface area contributed by atoms with E-state index in [2.05, 4.69) is 66.4 Å². The largest absolute Gasteiger partial charge is 0.316 e. The number of benzene rings is 1. The van der Waals surface area contributed by atoms with Gasteiger partial charge in [0.25, 0.3) is 0 Å². The van der Waals surface area contributed by atoms with Crippen LogP contribution in [0.15, 0.2) is 33.6 Å². The molecule has 0 bridgehead atoms. The molecule has 3 heteroatoms. The minimum Gasteiger partial charge on any atom is -0.316 e. The van der Waals surface area contributed by atoms with Crippen LogP contribution >= 0.6 is 27.7 Å². The minimum absolute atomic E-state index is 0.656. The van der Waals surface area contributed by atoms with Gasteiger partial charge in [0.15, 0.2) is 0 Å². The maximum absolute atomic E-state index is 3.52. The van der Waals surface area contributed by atoms with Crippen molar-refractivity contribution in [3.05, 3.63) is 28.7 Å². The van der Waals surface area contributed by atoms with Gasteiger partial charge in [-0.15, -0.1) is 11.8 Å². The lowest BCUT2D eigenvalue weighted by atomic mass is 9.79.